The van der Waals surface area contributed by atoms with Crippen LogP contribution in [0.2, 0.25) is 10.0 Å². The first-order valence-electron chi connectivity index (χ1n) is 8.30. The third-order valence-electron chi connectivity index (χ3n) is 4.12. The normalized spacial score (nSPS) is 11.6. The zero-order chi connectivity index (χ0) is 19.8. The summed E-state index contributed by atoms with van der Waals surface area (Å²) < 4.78 is 6.43. The van der Waals surface area contributed by atoms with E-state index in [0.29, 0.717) is 48.3 Å². The SMILES string of the molecule is Cc1cc(Br)c(O)c(C=Nc2ccc3oc(-c4cc(Cl)ccc4Cl)nc3c2)c1. The highest BCUT2D eigenvalue weighted by molar-refractivity contribution is 9.10. The maximum Gasteiger partial charge on any atom is 0.228 e. The van der Waals surface area contributed by atoms with Crippen molar-refractivity contribution in [1.29, 1.82) is 0 Å². The van der Waals surface area contributed by atoms with Gasteiger partial charge in [0.15, 0.2) is 5.58 Å². The molecule has 3 aromatic carbocycles. The molecule has 4 rings (SSSR count). The summed E-state index contributed by atoms with van der Waals surface area (Å²) in [5.74, 6) is 0.540. The smallest absolute Gasteiger partial charge is 0.228 e. The number of fused-ring (bicyclic) bond motifs is 1. The largest absolute Gasteiger partial charge is 0.506 e. The maximum atomic E-state index is 10.2. The van der Waals surface area contributed by atoms with Gasteiger partial charge in [-0.25, -0.2) is 4.98 Å². The van der Waals surface area contributed by atoms with Gasteiger partial charge < -0.3 is 9.52 Å². The molecule has 0 saturated heterocycles. The summed E-state index contributed by atoms with van der Waals surface area (Å²) in [6, 6.07) is 14.2. The fourth-order valence-electron chi connectivity index (χ4n) is 2.78. The summed E-state index contributed by atoms with van der Waals surface area (Å²) in [6.07, 6.45) is 1.61. The van der Waals surface area contributed by atoms with Crippen molar-refractivity contribution in [2.24, 2.45) is 4.99 Å². The second kappa shape index (κ2) is 7.59. The molecule has 1 heterocycles. The molecule has 0 spiro atoms. The van der Waals surface area contributed by atoms with Crippen LogP contribution in [0.25, 0.3) is 22.6 Å². The van der Waals surface area contributed by atoms with Crippen molar-refractivity contribution < 1.29 is 9.52 Å². The first-order chi connectivity index (χ1) is 13.4. The molecule has 4 aromatic rings. The second-order valence-electron chi connectivity index (χ2n) is 6.24. The van der Waals surface area contributed by atoms with Gasteiger partial charge in [-0.1, -0.05) is 23.2 Å². The molecule has 4 nitrogen and oxygen atoms in total. The first-order valence-corrected chi connectivity index (χ1v) is 9.85. The molecule has 7 heteroatoms. The molecule has 0 amide bonds. The standard InChI is InChI=1S/C21H13BrCl2N2O2/c1-11-6-12(20(27)16(22)7-11)10-25-14-3-5-19-18(9-14)26-21(28-19)15-8-13(23)2-4-17(15)24/h2-10,27H,1H3. The lowest BCUT2D eigenvalue weighted by Gasteiger charge is -2.03. The molecule has 0 aliphatic heterocycles. The topological polar surface area (TPSA) is 58.6 Å². The summed E-state index contributed by atoms with van der Waals surface area (Å²) in [6.45, 7) is 1.95. The van der Waals surface area contributed by atoms with Gasteiger partial charge in [-0.05, 0) is 76.9 Å². The van der Waals surface area contributed by atoms with E-state index in [4.69, 9.17) is 27.6 Å². The minimum atomic E-state index is 0.148. The zero-order valence-corrected chi connectivity index (χ0v) is 17.7. The van der Waals surface area contributed by atoms with Crippen LogP contribution in [0.4, 0.5) is 5.69 Å². The Labute approximate surface area is 179 Å². The van der Waals surface area contributed by atoms with Crippen LogP contribution in [-0.4, -0.2) is 16.3 Å². The Hall–Kier alpha value is -2.34. The second-order valence-corrected chi connectivity index (χ2v) is 7.94. The number of aryl methyl sites for hydroxylation is 1. The number of hydrogen-bond acceptors (Lipinski definition) is 4. The van der Waals surface area contributed by atoms with E-state index in [1.807, 2.05) is 25.1 Å². The summed E-state index contributed by atoms with van der Waals surface area (Å²) in [5.41, 5.74) is 4.22. The van der Waals surface area contributed by atoms with Gasteiger partial charge in [0.2, 0.25) is 5.89 Å². The molecule has 28 heavy (non-hydrogen) atoms. The summed E-state index contributed by atoms with van der Waals surface area (Å²) in [5, 5.41) is 11.2. The van der Waals surface area contributed by atoms with Gasteiger partial charge in [-0.3, -0.25) is 4.99 Å². The summed E-state index contributed by atoms with van der Waals surface area (Å²) >= 11 is 15.6. The van der Waals surface area contributed by atoms with Gasteiger partial charge in [-0.15, -0.1) is 0 Å². The summed E-state index contributed by atoms with van der Waals surface area (Å²) in [4.78, 5) is 8.95. The predicted octanol–water partition coefficient (Wildman–Crippen LogP) is 7.33. The Morgan fingerprint density at radius 2 is 1.93 bits per heavy atom. The average molecular weight is 476 g/mol. The van der Waals surface area contributed by atoms with Crippen LogP contribution in [0.1, 0.15) is 11.1 Å². The molecule has 0 radical (unpaired) electrons. The van der Waals surface area contributed by atoms with E-state index in [2.05, 4.69) is 25.9 Å². The minimum Gasteiger partial charge on any atom is -0.506 e. The Balaban J connectivity index is 1.70. The van der Waals surface area contributed by atoms with Crippen molar-refractivity contribution in [2.45, 2.75) is 6.92 Å². The van der Waals surface area contributed by atoms with E-state index in [-0.39, 0.29) is 5.75 Å². The number of halogens is 3. The third-order valence-corrected chi connectivity index (χ3v) is 5.29. The van der Waals surface area contributed by atoms with E-state index in [1.54, 1.807) is 36.5 Å². The van der Waals surface area contributed by atoms with Crippen molar-refractivity contribution in [3.63, 3.8) is 0 Å². The van der Waals surface area contributed by atoms with E-state index in [9.17, 15) is 5.11 Å². The molecule has 1 aromatic heterocycles. The van der Waals surface area contributed by atoms with Crippen LogP contribution < -0.4 is 0 Å². The lowest BCUT2D eigenvalue weighted by atomic mass is 10.1. The maximum absolute atomic E-state index is 10.2. The molecule has 0 aliphatic rings. The van der Waals surface area contributed by atoms with E-state index in [1.165, 1.54) is 0 Å². The number of benzene rings is 3. The predicted molar refractivity (Wildman–Crippen MR) is 117 cm³/mol. The monoisotopic (exact) mass is 474 g/mol. The van der Waals surface area contributed by atoms with Gasteiger partial charge in [-0.2, -0.15) is 0 Å². The van der Waals surface area contributed by atoms with Crippen molar-refractivity contribution >= 4 is 62.1 Å². The van der Waals surface area contributed by atoms with Gasteiger partial charge >= 0.3 is 0 Å². The number of hydrogen-bond donors (Lipinski definition) is 1. The zero-order valence-electron chi connectivity index (χ0n) is 14.6. The highest BCUT2D eigenvalue weighted by Crippen LogP contribution is 2.33. The van der Waals surface area contributed by atoms with Crippen LogP contribution in [0.3, 0.4) is 0 Å². The van der Waals surface area contributed by atoms with Gasteiger partial charge in [0.25, 0.3) is 0 Å². The molecule has 0 saturated carbocycles. The number of oxazole rings is 1. The highest BCUT2D eigenvalue weighted by Gasteiger charge is 2.13. The Kier molecular flexibility index (Phi) is 5.15. The van der Waals surface area contributed by atoms with Gasteiger partial charge in [0.1, 0.15) is 11.3 Å². The molecule has 0 atom stereocenters. The lowest BCUT2D eigenvalue weighted by molar-refractivity contribution is 0.471. The Morgan fingerprint density at radius 1 is 1.11 bits per heavy atom. The molecular formula is C21H13BrCl2N2O2. The molecule has 0 aliphatic carbocycles. The number of nitrogens with zero attached hydrogens (tertiary/aromatic N) is 2. The Bertz CT molecular complexity index is 1230. The quantitative estimate of drug-likeness (QED) is 0.315. The van der Waals surface area contributed by atoms with E-state index >= 15 is 0 Å². The molecule has 0 unspecified atom stereocenters. The van der Waals surface area contributed by atoms with Crippen molar-refractivity contribution in [3.05, 3.63) is 74.2 Å². The van der Waals surface area contributed by atoms with E-state index in [0.717, 1.165) is 5.56 Å². The van der Waals surface area contributed by atoms with Crippen LogP contribution >= 0.6 is 39.1 Å². The van der Waals surface area contributed by atoms with Crippen molar-refractivity contribution in [3.8, 4) is 17.2 Å². The molecule has 0 bridgehead atoms. The van der Waals surface area contributed by atoms with Crippen molar-refractivity contribution in [2.75, 3.05) is 0 Å². The third kappa shape index (κ3) is 3.78. The molecule has 1 N–H and O–H groups in total. The number of aromatic nitrogens is 1. The fraction of sp³-hybridized carbons (Fsp3) is 0.0476. The summed E-state index contributed by atoms with van der Waals surface area (Å²) in [7, 11) is 0. The first kappa shape index (κ1) is 19.0. The Morgan fingerprint density at radius 3 is 2.75 bits per heavy atom. The van der Waals surface area contributed by atoms with E-state index < -0.39 is 0 Å². The number of phenolic OH excluding ortho intramolecular Hbond substituents is 1. The van der Waals surface area contributed by atoms with Crippen LogP contribution in [-0.2, 0) is 0 Å². The minimum absolute atomic E-state index is 0.148. The fourth-order valence-corrected chi connectivity index (χ4v) is 3.74. The molecular weight excluding hydrogens is 463 g/mol. The number of aromatic hydroxyl groups is 1. The molecule has 0 fully saturated rings. The van der Waals surface area contributed by atoms with Crippen LogP contribution in [0, 0.1) is 6.92 Å². The molecule has 140 valence electrons. The van der Waals surface area contributed by atoms with Crippen LogP contribution in [0.5, 0.6) is 5.75 Å². The number of phenols is 1. The van der Waals surface area contributed by atoms with Gasteiger partial charge in [0.05, 0.1) is 20.7 Å². The number of aliphatic imine (C=N–C) groups is 1. The van der Waals surface area contributed by atoms with Gasteiger partial charge in [0, 0.05) is 16.8 Å². The van der Waals surface area contributed by atoms with Crippen molar-refractivity contribution in [1.82, 2.24) is 4.98 Å². The lowest BCUT2D eigenvalue weighted by Crippen LogP contribution is -1.86. The van der Waals surface area contributed by atoms with Crippen LogP contribution in [0.15, 0.2) is 62.4 Å². The number of rotatable bonds is 3. The average Bonchev–Trinajstić information content (AvgIpc) is 3.08. The highest BCUT2D eigenvalue weighted by atomic mass is 79.9.